The Kier molecular flexibility index (Phi) is 6.11. The van der Waals surface area contributed by atoms with Gasteiger partial charge < -0.3 is 18.9 Å². The second-order valence-corrected chi connectivity index (χ2v) is 6.81. The molecule has 1 aliphatic heterocycles. The first kappa shape index (κ1) is 20.1. The average Bonchev–Trinajstić information content (AvgIpc) is 3.20. The predicted molar refractivity (Wildman–Crippen MR) is 116 cm³/mol. The van der Waals surface area contributed by atoms with Crippen LogP contribution < -0.4 is 14.9 Å². The third kappa shape index (κ3) is 4.37. The van der Waals surface area contributed by atoms with E-state index in [2.05, 4.69) is 15.5 Å². The van der Waals surface area contributed by atoms with Crippen molar-refractivity contribution in [2.45, 2.75) is 27.1 Å². The normalized spacial score (nSPS) is 12.9. The molecule has 156 valence electrons. The minimum absolute atomic E-state index is 0.231. The van der Waals surface area contributed by atoms with Crippen molar-refractivity contribution in [2.24, 2.45) is 5.10 Å². The molecule has 7 nitrogen and oxygen atoms in total. The Labute approximate surface area is 175 Å². The molecular weight excluding hydrogens is 382 g/mol. The van der Waals surface area contributed by atoms with Gasteiger partial charge >= 0.3 is 0 Å². The number of nitrogens with one attached hydrogen (secondary N) is 1. The van der Waals surface area contributed by atoms with E-state index in [0.717, 1.165) is 33.4 Å². The maximum Gasteiger partial charge on any atom is 0.231 e. The Morgan fingerprint density at radius 1 is 1.07 bits per heavy atom. The van der Waals surface area contributed by atoms with Crippen LogP contribution in [0.3, 0.4) is 0 Å². The smallest absolute Gasteiger partial charge is 0.231 e. The summed E-state index contributed by atoms with van der Waals surface area (Å²) in [4.78, 5) is 4.59. The molecule has 7 heteroatoms. The zero-order chi connectivity index (χ0) is 20.9. The molecule has 0 bridgehead atoms. The van der Waals surface area contributed by atoms with E-state index in [1.807, 2.05) is 63.2 Å². The number of aryl methyl sites for hydroxylation is 1. The fraction of sp³-hybridized carbons (Fsp3) is 0.304. The van der Waals surface area contributed by atoms with Crippen LogP contribution in [-0.2, 0) is 9.47 Å². The summed E-state index contributed by atoms with van der Waals surface area (Å²) >= 11 is 0. The first-order chi connectivity index (χ1) is 14.7. The summed E-state index contributed by atoms with van der Waals surface area (Å²) in [5, 5.41) is 5.33. The quantitative estimate of drug-likeness (QED) is 0.329. The summed E-state index contributed by atoms with van der Waals surface area (Å²) in [6.07, 6.45) is 1.43. The molecule has 0 amide bonds. The van der Waals surface area contributed by atoms with Gasteiger partial charge in [0.05, 0.1) is 17.4 Å². The Hall–Kier alpha value is -3.16. The van der Waals surface area contributed by atoms with Crippen molar-refractivity contribution in [1.82, 2.24) is 4.98 Å². The lowest BCUT2D eigenvalue weighted by Crippen LogP contribution is -2.08. The van der Waals surface area contributed by atoms with Gasteiger partial charge in [0.2, 0.25) is 6.79 Å². The molecule has 1 aromatic heterocycles. The molecule has 30 heavy (non-hydrogen) atoms. The maximum atomic E-state index is 5.64. The SMILES string of the molecule is CCOC(OCC)c1ccc(/C=N/Nc2cc(C)nc3cc4c(cc23)OCO4)cc1. The minimum Gasteiger partial charge on any atom is -0.454 e. The Balaban J connectivity index is 1.51. The molecule has 1 aliphatic rings. The molecule has 4 rings (SSSR count). The molecule has 0 aliphatic carbocycles. The minimum atomic E-state index is -0.344. The Morgan fingerprint density at radius 3 is 2.47 bits per heavy atom. The lowest BCUT2D eigenvalue weighted by molar-refractivity contribution is -0.140. The highest BCUT2D eigenvalue weighted by Crippen LogP contribution is 2.38. The van der Waals surface area contributed by atoms with Gasteiger partial charge in [0.25, 0.3) is 0 Å². The molecule has 0 unspecified atom stereocenters. The molecule has 0 saturated heterocycles. The molecule has 0 atom stereocenters. The monoisotopic (exact) mass is 407 g/mol. The zero-order valence-electron chi connectivity index (χ0n) is 17.3. The number of nitrogens with zero attached hydrogens (tertiary/aromatic N) is 2. The van der Waals surface area contributed by atoms with Crippen LogP contribution in [-0.4, -0.2) is 31.2 Å². The lowest BCUT2D eigenvalue weighted by atomic mass is 10.1. The summed E-state index contributed by atoms with van der Waals surface area (Å²) in [5.74, 6) is 1.43. The highest BCUT2D eigenvalue weighted by atomic mass is 16.7. The Morgan fingerprint density at radius 2 is 1.77 bits per heavy atom. The number of aromatic nitrogens is 1. The van der Waals surface area contributed by atoms with E-state index in [1.165, 1.54) is 0 Å². The van der Waals surface area contributed by atoms with Gasteiger partial charge in [-0.2, -0.15) is 5.10 Å². The third-order valence-electron chi connectivity index (χ3n) is 4.67. The number of rotatable bonds is 8. The first-order valence-electron chi connectivity index (χ1n) is 10.0. The highest BCUT2D eigenvalue weighted by molar-refractivity contribution is 5.94. The van der Waals surface area contributed by atoms with Crippen molar-refractivity contribution in [3.63, 3.8) is 0 Å². The number of hydrogen-bond acceptors (Lipinski definition) is 7. The Bertz CT molecular complexity index is 1040. The van der Waals surface area contributed by atoms with Crippen LogP contribution in [0.15, 0.2) is 47.6 Å². The van der Waals surface area contributed by atoms with Gasteiger partial charge in [0.15, 0.2) is 17.8 Å². The molecule has 1 N–H and O–H groups in total. The van der Waals surface area contributed by atoms with Gasteiger partial charge in [-0.25, -0.2) is 0 Å². The number of fused-ring (bicyclic) bond motifs is 2. The van der Waals surface area contributed by atoms with Crippen molar-refractivity contribution < 1.29 is 18.9 Å². The van der Waals surface area contributed by atoms with Crippen LogP contribution in [0.4, 0.5) is 5.69 Å². The molecule has 0 radical (unpaired) electrons. The van der Waals surface area contributed by atoms with Crippen LogP contribution in [0, 0.1) is 6.92 Å². The lowest BCUT2D eigenvalue weighted by Gasteiger charge is -2.17. The van der Waals surface area contributed by atoms with Crippen molar-refractivity contribution in [3.8, 4) is 11.5 Å². The average molecular weight is 407 g/mol. The molecule has 0 saturated carbocycles. The fourth-order valence-electron chi connectivity index (χ4n) is 3.30. The number of hydrazone groups is 1. The van der Waals surface area contributed by atoms with Crippen LogP contribution in [0.2, 0.25) is 0 Å². The zero-order valence-corrected chi connectivity index (χ0v) is 17.3. The molecular formula is C23H25N3O4. The highest BCUT2D eigenvalue weighted by Gasteiger charge is 2.16. The number of anilines is 1. The second-order valence-electron chi connectivity index (χ2n) is 6.81. The van der Waals surface area contributed by atoms with Gasteiger partial charge in [-0.15, -0.1) is 0 Å². The third-order valence-corrected chi connectivity index (χ3v) is 4.67. The largest absolute Gasteiger partial charge is 0.454 e. The molecule has 0 fully saturated rings. The predicted octanol–water partition coefficient (Wildman–Crippen LogP) is 4.79. The van der Waals surface area contributed by atoms with E-state index in [-0.39, 0.29) is 13.1 Å². The van der Waals surface area contributed by atoms with Gasteiger partial charge in [-0.3, -0.25) is 10.4 Å². The van der Waals surface area contributed by atoms with E-state index in [1.54, 1.807) is 6.21 Å². The van der Waals surface area contributed by atoms with Crippen LogP contribution in [0.5, 0.6) is 11.5 Å². The summed E-state index contributed by atoms with van der Waals surface area (Å²) in [5.41, 5.74) is 7.66. The summed E-state index contributed by atoms with van der Waals surface area (Å²) in [7, 11) is 0. The van der Waals surface area contributed by atoms with Crippen LogP contribution in [0.25, 0.3) is 10.9 Å². The van der Waals surface area contributed by atoms with Gasteiger partial charge in [0.1, 0.15) is 0 Å². The van der Waals surface area contributed by atoms with E-state index in [4.69, 9.17) is 18.9 Å². The van der Waals surface area contributed by atoms with Gasteiger partial charge in [0, 0.05) is 35.9 Å². The summed E-state index contributed by atoms with van der Waals surface area (Å²) < 4.78 is 22.2. The summed E-state index contributed by atoms with van der Waals surface area (Å²) in [6.45, 7) is 7.28. The van der Waals surface area contributed by atoms with Gasteiger partial charge in [-0.05, 0) is 38.5 Å². The van der Waals surface area contributed by atoms with E-state index in [0.29, 0.717) is 24.7 Å². The standard InChI is InChI=1S/C23H25N3O4/c1-4-27-23(28-5-2)17-8-6-16(7-9-17)13-24-26-20-10-15(3)25-19-12-22-21(11-18(19)20)29-14-30-22/h6-13,23H,4-5,14H2,1-3H3,(H,25,26)/b24-13+. The van der Waals surface area contributed by atoms with Crippen molar-refractivity contribution in [1.29, 1.82) is 0 Å². The summed E-state index contributed by atoms with van der Waals surface area (Å²) in [6, 6.07) is 13.7. The maximum absolute atomic E-state index is 5.64. The topological polar surface area (TPSA) is 74.2 Å². The van der Waals surface area contributed by atoms with Gasteiger partial charge in [-0.1, -0.05) is 24.3 Å². The van der Waals surface area contributed by atoms with Crippen molar-refractivity contribution in [3.05, 3.63) is 59.3 Å². The second kappa shape index (κ2) is 9.11. The molecule has 2 heterocycles. The van der Waals surface area contributed by atoms with Crippen LogP contribution in [0.1, 0.15) is 37.0 Å². The molecule has 3 aromatic rings. The van der Waals surface area contributed by atoms with E-state index >= 15 is 0 Å². The van der Waals surface area contributed by atoms with E-state index in [9.17, 15) is 0 Å². The van der Waals surface area contributed by atoms with Crippen molar-refractivity contribution in [2.75, 3.05) is 25.4 Å². The number of pyridine rings is 1. The number of benzene rings is 2. The fourth-order valence-corrected chi connectivity index (χ4v) is 3.30. The number of ether oxygens (including phenoxy) is 4. The molecule has 0 spiro atoms. The van der Waals surface area contributed by atoms with E-state index < -0.39 is 0 Å². The number of hydrogen-bond donors (Lipinski definition) is 1. The first-order valence-corrected chi connectivity index (χ1v) is 10.0. The van der Waals surface area contributed by atoms with Crippen molar-refractivity contribution >= 4 is 22.8 Å². The molecule has 2 aromatic carbocycles. The van der Waals surface area contributed by atoms with Crippen LogP contribution >= 0.6 is 0 Å².